The zero-order chi connectivity index (χ0) is 22.1. The zero-order valence-electron chi connectivity index (χ0n) is 17.3. The van der Waals surface area contributed by atoms with Crippen molar-refractivity contribution in [3.63, 3.8) is 0 Å². The normalized spacial score (nSPS) is 13.7. The number of carbonyl (C=O) groups is 1. The number of nitrogens with one attached hydrogen (secondary N) is 1. The van der Waals surface area contributed by atoms with Gasteiger partial charge in [0.25, 0.3) is 10.0 Å². The molecule has 0 bridgehead atoms. The molecule has 0 radical (unpaired) electrons. The van der Waals surface area contributed by atoms with Gasteiger partial charge in [-0.3, -0.25) is 9.10 Å². The molecule has 162 valence electrons. The summed E-state index contributed by atoms with van der Waals surface area (Å²) in [5.41, 5.74) is 3.28. The van der Waals surface area contributed by atoms with Crippen molar-refractivity contribution in [2.45, 2.75) is 23.5 Å². The zero-order valence-corrected chi connectivity index (χ0v) is 19.0. The van der Waals surface area contributed by atoms with Crippen LogP contribution in [0, 0.1) is 0 Å². The van der Waals surface area contributed by atoms with Gasteiger partial charge in [-0.25, -0.2) is 8.42 Å². The third-order valence-corrected chi connectivity index (χ3v) is 8.90. The van der Waals surface area contributed by atoms with Crippen LogP contribution in [0.1, 0.15) is 17.5 Å². The number of hydrogen-bond acceptors (Lipinski definition) is 4. The molecule has 1 aliphatic rings. The molecule has 0 spiro atoms. The maximum atomic E-state index is 13.1. The van der Waals surface area contributed by atoms with Gasteiger partial charge in [-0.2, -0.15) is 0 Å². The molecule has 3 aromatic carbocycles. The summed E-state index contributed by atoms with van der Waals surface area (Å²) in [6.45, 7) is 0.458. The first-order valence-corrected chi connectivity index (χ1v) is 12.8. The minimum atomic E-state index is -3.56. The monoisotopic (exact) mass is 462 g/mol. The molecule has 2 heterocycles. The van der Waals surface area contributed by atoms with E-state index >= 15 is 0 Å². The van der Waals surface area contributed by atoms with Crippen molar-refractivity contribution in [2.24, 2.45) is 0 Å². The van der Waals surface area contributed by atoms with Gasteiger partial charge in [-0.05, 0) is 64.4 Å². The maximum Gasteiger partial charge on any atom is 0.273 e. The van der Waals surface area contributed by atoms with Crippen LogP contribution in [-0.2, 0) is 27.7 Å². The molecule has 1 aliphatic heterocycles. The molecule has 7 heteroatoms. The number of amides is 1. The van der Waals surface area contributed by atoms with Crippen molar-refractivity contribution in [3.05, 3.63) is 89.3 Å². The first kappa shape index (κ1) is 20.7. The Bertz CT molecular complexity index is 1390. The molecule has 5 nitrogen and oxygen atoms in total. The number of sulfonamides is 1. The van der Waals surface area contributed by atoms with Gasteiger partial charge in [0, 0.05) is 12.2 Å². The Morgan fingerprint density at radius 2 is 1.84 bits per heavy atom. The molecular weight excluding hydrogens is 440 g/mol. The third kappa shape index (κ3) is 3.89. The summed E-state index contributed by atoms with van der Waals surface area (Å²) in [6.07, 6.45) is 1.79. The van der Waals surface area contributed by atoms with Gasteiger partial charge in [0.05, 0.1) is 12.1 Å². The summed E-state index contributed by atoms with van der Waals surface area (Å²) >= 11 is 1.22. The van der Waals surface area contributed by atoms with Gasteiger partial charge < -0.3 is 5.32 Å². The minimum Gasteiger partial charge on any atom is -0.326 e. The third-order valence-electron chi connectivity index (χ3n) is 5.71. The summed E-state index contributed by atoms with van der Waals surface area (Å²) in [4.78, 5) is 12.8. The highest BCUT2D eigenvalue weighted by Crippen LogP contribution is 2.35. The minimum absolute atomic E-state index is 0.0971. The molecule has 5 rings (SSSR count). The molecule has 1 amide bonds. The smallest absolute Gasteiger partial charge is 0.273 e. The molecule has 1 aromatic heterocycles. The van der Waals surface area contributed by atoms with Gasteiger partial charge in [0.1, 0.15) is 4.21 Å². The van der Waals surface area contributed by atoms with E-state index in [9.17, 15) is 13.2 Å². The summed E-state index contributed by atoms with van der Waals surface area (Å²) in [7, 11) is -3.56. The van der Waals surface area contributed by atoms with E-state index in [1.165, 1.54) is 15.6 Å². The fourth-order valence-corrected chi connectivity index (χ4v) is 6.88. The van der Waals surface area contributed by atoms with E-state index in [1.807, 2.05) is 48.5 Å². The Morgan fingerprint density at radius 1 is 1.00 bits per heavy atom. The van der Waals surface area contributed by atoms with E-state index in [1.54, 1.807) is 29.6 Å². The predicted molar refractivity (Wildman–Crippen MR) is 130 cm³/mol. The van der Waals surface area contributed by atoms with Crippen LogP contribution in [0.4, 0.5) is 11.4 Å². The van der Waals surface area contributed by atoms with E-state index in [2.05, 4.69) is 5.32 Å². The van der Waals surface area contributed by atoms with Crippen LogP contribution in [0.25, 0.3) is 10.8 Å². The molecule has 0 unspecified atom stereocenters. The molecular formula is C25H22N2O3S2. The van der Waals surface area contributed by atoms with E-state index < -0.39 is 10.0 Å². The number of nitrogens with zero attached hydrogens (tertiary/aromatic N) is 1. The largest absolute Gasteiger partial charge is 0.326 e. The fraction of sp³-hybridized carbons (Fsp3) is 0.160. The van der Waals surface area contributed by atoms with Crippen molar-refractivity contribution in [1.82, 2.24) is 0 Å². The fourth-order valence-electron chi connectivity index (χ4n) is 4.23. The Kier molecular flexibility index (Phi) is 5.45. The lowest BCUT2D eigenvalue weighted by Gasteiger charge is -2.30. The summed E-state index contributed by atoms with van der Waals surface area (Å²) in [6, 6.07) is 22.9. The number of carbonyl (C=O) groups excluding carboxylic acids is 1. The van der Waals surface area contributed by atoms with Crippen molar-refractivity contribution in [2.75, 3.05) is 16.2 Å². The average molecular weight is 463 g/mol. The van der Waals surface area contributed by atoms with Gasteiger partial charge in [-0.1, -0.05) is 48.5 Å². The Balaban J connectivity index is 1.37. The first-order valence-electron chi connectivity index (χ1n) is 10.5. The molecule has 0 aliphatic carbocycles. The molecule has 32 heavy (non-hydrogen) atoms. The highest BCUT2D eigenvalue weighted by Gasteiger charge is 2.30. The summed E-state index contributed by atoms with van der Waals surface area (Å²) in [5.74, 6) is -0.0971. The van der Waals surface area contributed by atoms with Crippen molar-refractivity contribution in [1.29, 1.82) is 0 Å². The number of thiophene rings is 1. The summed E-state index contributed by atoms with van der Waals surface area (Å²) in [5, 5.41) is 6.94. The van der Waals surface area contributed by atoms with Crippen molar-refractivity contribution < 1.29 is 13.2 Å². The Labute approximate surface area is 191 Å². The van der Waals surface area contributed by atoms with Crippen LogP contribution in [0.5, 0.6) is 0 Å². The van der Waals surface area contributed by atoms with E-state index in [-0.39, 0.29) is 12.3 Å². The van der Waals surface area contributed by atoms with Gasteiger partial charge in [-0.15, -0.1) is 11.3 Å². The Morgan fingerprint density at radius 3 is 2.69 bits per heavy atom. The number of anilines is 2. The number of benzene rings is 3. The van der Waals surface area contributed by atoms with E-state index in [0.29, 0.717) is 22.1 Å². The van der Waals surface area contributed by atoms with Gasteiger partial charge in [0.2, 0.25) is 5.91 Å². The number of aryl methyl sites for hydroxylation is 1. The standard InChI is InChI=1S/C25H22N2O3S2/c28-24(17-19-8-3-7-18-6-1-2-10-22(18)19)26-21-12-13-23-20(16-21)9-4-14-27(23)32(29,30)25-11-5-15-31-25/h1-3,5-8,10-13,15-16H,4,9,14,17H2,(H,26,28). The van der Waals surface area contributed by atoms with Gasteiger partial charge in [0.15, 0.2) is 0 Å². The second kappa shape index (κ2) is 8.41. The Hall–Kier alpha value is -3.16. The molecule has 4 aromatic rings. The number of hydrogen-bond donors (Lipinski definition) is 1. The first-order chi connectivity index (χ1) is 15.5. The van der Waals surface area contributed by atoms with Crippen molar-refractivity contribution >= 4 is 49.4 Å². The lowest BCUT2D eigenvalue weighted by atomic mass is 10.0. The SMILES string of the molecule is O=C(Cc1cccc2ccccc12)Nc1ccc2c(c1)CCCN2S(=O)(=O)c1cccs1. The van der Waals surface area contributed by atoms with E-state index in [0.717, 1.165) is 34.7 Å². The van der Waals surface area contributed by atoms with Crippen LogP contribution in [0.2, 0.25) is 0 Å². The molecule has 0 fully saturated rings. The maximum absolute atomic E-state index is 13.1. The molecule has 0 saturated carbocycles. The van der Waals surface area contributed by atoms with Crippen LogP contribution in [-0.4, -0.2) is 20.9 Å². The van der Waals surface area contributed by atoms with Crippen molar-refractivity contribution in [3.8, 4) is 0 Å². The predicted octanol–water partition coefficient (Wildman–Crippen LogP) is 5.22. The van der Waals surface area contributed by atoms with Crippen LogP contribution < -0.4 is 9.62 Å². The number of rotatable bonds is 5. The van der Waals surface area contributed by atoms with E-state index in [4.69, 9.17) is 0 Å². The topological polar surface area (TPSA) is 66.5 Å². The molecule has 0 saturated heterocycles. The van der Waals surface area contributed by atoms with Gasteiger partial charge >= 0.3 is 0 Å². The quantitative estimate of drug-likeness (QED) is 0.442. The van der Waals surface area contributed by atoms with Crippen LogP contribution in [0.3, 0.4) is 0 Å². The lowest BCUT2D eigenvalue weighted by Crippen LogP contribution is -2.35. The second-order valence-electron chi connectivity index (χ2n) is 7.82. The number of fused-ring (bicyclic) bond motifs is 2. The second-order valence-corrected chi connectivity index (χ2v) is 10.9. The highest BCUT2D eigenvalue weighted by atomic mass is 32.2. The highest BCUT2D eigenvalue weighted by molar-refractivity contribution is 7.94. The lowest BCUT2D eigenvalue weighted by molar-refractivity contribution is -0.115. The molecule has 1 N–H and O–H groups in total. The summed E-state index contributed by atoms with van der Waals surface area (Å²) < 4.78 is 27.9. The van der Waals surface area contributed by atoms with Crippen LogP contribution in [0.15, 0.2) is 82.4 Å². The average Bonchev–Trinajstić information content (AvgIpc) is 3.35. The molecule has 0 atom stereocenters. The van der Waals surface area contributed by atoms with Crippen LogP contribution >= 0.6 is 11.3 Å².